The highest BCUT2D eigenvalue weighted by atomic mass is 32.2. The van der Waals surface area contributed by atoms with Crippen molar-refractivity contribution in [3.63, 3.8) is 0 Å². The number of benzene rings is 2. The van der Waals surface area contributed by atoms with Gasteiger partial charge < -0.3 is 20.5 Å². The summed E-state index contributed by atoms with van der Waals surface area (Å²) in [5.41, 5.74) is 9.14. The average Bonchev–Trinajstić information content (AvgIpc) is 3.69. The number of aliphatic carboxylic acids is 1. The van der Waals surface area contributed by atoms with Gasteiger partial charge in [-0.1, -0.05) is 66.7 Å². The number of hydrogen-bond donors (Lipinski definition) is 2. The first-order chi connectivity index (χ1) is 22.0. The van der Waals surface area contributed by atoms with E-state index in [-0.39, 0.29) is 22.9 Å². The minimum absolute atomic E-state index is 0.0474. The highest BCUT2D eigenvalue weighted by Gasteiger charge is 2.52. The van der Waals surface area contributed by atoms with Crippen LogP contribution in [0.1, 0.15) is 28.5 Å². The zero-order chi connectivity index (χ0) is 33.0. The first-order valence-electron chi connectivity index (χ1n) is 14.0. The molecule has 2 atom stereocenters. The van der Waals surface area contributed by atoms with E-state index >= 15 is 0 Å². The molecule has 0 spiro atoms. The summed E-state index contributed by atoms with van der Waals surface area (Å²) in [5.74, 6) is -3.27. The molecule has 3 N–H and O–H groups in total. The number of allylic oxidation sites excluding steroid dienone is 1. The van der Waals surface area contributed by atoms with Crippen LogP contribution in [0.2, 0.25) is 0 Å². The number of thiophene rings is 1. The Hall–Kier alpha value is -4.40. The minimum Gasteiger partial charge on any atom is -0.475 e. The Morgan fingerprint density at radius 3 is 2.17 bits per heavy atom. The molecule has 6 rings (SSSR count). The van der Waals surface area contributed by atoms with E-state index in [0.29, 0.717) is 36.4 Å². The summed E-state index contributed by atoms with van der Waals surface area (Å²) in [4.78, 5) is 53.3. The van der Waals surface area contributed by atoms with Gasteiger partial charge in [0.1, 0.15) is 17.1 Å². The fraction of sp³-hybridized carbons (Fsp3) is 0.250. The number of amides is 2. The van der Waals surface area contributed by atoms with E-state index in [2.05, 4.69) is 0 Å². The molecule has 0 unspecified atom stereocenters. The number of β-lactam (4-membered cyclic amide) rings is 1. The first kappa shape index (κ1) is 33.0. The molecule has 3 aromatic rings. The van der Waals surface area contributed by atoms with Crippen molar-refractivity contribution in [2.75, 3.05) is 12.3 Å². The maximum absolute atomic E-state index is 13.9. The van der Waals surface area contributed by atoms with Gasteiger partial charge in [0, 0.05) is 22.7 Å². The Morgan fingerprint density at radius 2 is 1.63 bits per heavy atom. The topological polar surface area (TPSA) is 130 Å². The first-order valence-corrected chi connectivity index (χ1v) is 15.9. The van der Waals surface area contributed by atoms with Gasteiger partial charge in [0.2, 0.25) is 11.8 Å². The molecule has 9 nitrogen and oxygen atoms in total. The van der Waals surface area contributed by atoms with Crippen molar-refractivity contribution in [2.45, 2.75) is 36.7 Å². The summed E-state index contributed by atoms with van der Waals surface area (Å²) in [6, 6.07) is 22.4. The van der Waals surface area contributed by atoms with Gasteiger partial charge in [-0.15, -0.1) is 23.1 Å². The SMILES string of the molecule is N[C@@H]1C(=O)N2C(C(=O)OC(c3ccccc3)c3ccccc3)=C(/C=C3\CCN(Cc4cccs4)C3=O)CS[C@H]12.O=C(O)C(F)(F)F. The molecular formula is C32H28F3N3O6S2. The zero-order valence-electron chi connectivity index (χ0n) is 24.1. The van der Waals surface area contributed by atoms with Gasteiger partial charge >= 0.3 is 18.1 Å². The number of ether oxygens (including phenoxy) is 1. The Labute approximate surface area is 270 Å². The molecule has 14 heteroatoms. The van der Waals surface area contributed by atoms with Crippen LogP contribution < -0.4 is 5.73 Å². The minimum atomic E-state index is -5.08. The standard InChI is InChI=1S/C30H27N3O4S2.C2HF3O2/c31-24-28(35)33-25(30(36)37-26(19-8-3-1-4-9-19)20-10-5-2-6-11-20)22(18-39-29(24)33)16-21-13-14-32(27(21)34)17-23-12-7-15-38-23;3-2(4,5)1(6)7/h1-12,15-16,24,26,29H,13-14,17-18,31H2;(H,6,7)/b21-16+;/t24-,29-;/m1./s1. The number of fused-ring (bicyclic) bond motifs is 1. The van der Waals surface area contributed by atoms with Gasteiger partial charge in [-0.3, -0.25) is 14.5 Å². The lowest BCUT2D eigenvalue weighted by molar-refractivity contribution is -0.192. The molecule has 0 radical (unpaired) electrons. The summed E-state index contributed by atoms with van der Waals surface area (Å²) in [6.45, 7) is 1.18. The summed E-state index contributed by atoms with van der Waals surface area (Å²) in [7, 11) is 0. The van der Waals surface area contributed by atoms with Crippen LogP contribution in [0, 0.1) is 0 Å². The fourth-order valence-electron chi connectivity index (χ4n) is 5.14. The van der Waals surface area contributed by atoms with Crippen LogP contribution in [0.5, 0.6) is 0 Å². The summed E-state index contributed by atoms with van der Waals surface area (Å²) >= 11 is 3.12. The monoisotopic (exact) mass is 671 g/mol. The van der Waals surface area contributed by atoms with E-state index in [0.717, 1.165) is 16.0 Å². The molecule has 1 aromatic heterocycles. The summed E-state index contributed by atoms with van der Waals surface area (Å²) < 4.78 is 37.9. The smallest absolute Gasteiger partial charge is 0.475 e. The van der Waals surface area contributed by atoms with Gasteiger partial charge in [-0.25, -0.2) is 9.59 Å². The predicted molar refractivity (Wildman–Crippen MR) is 165 cm³/mol. The van der Waals surface area contributed by atoms with Crippen LogP contribution in [-0.4, -0.2) is 68.5 Å². The molecule has 2 aromatic carbocycles. The molecule has 4 heterocycles. The van der Waals surface area contributed by atoms with Crippen LogP contribution in [-0.2, 0) is 30.5 Å². The fourth-order valence-corrected chi connectivity index (χ4v) is 7.11. The van der Waals surface area contributed by atoms with Gasteiger partial charge in [0.15, 0.2) is 6.10 Å². The van der Waals surface area contributed by atoms with Gasteiger partial charge in [0.25, 0.3) is 0 Å². The van der Waals surface area contributed by atoms with Crippen molar-refractivity contribution in [1.82, 2.24) is 9.80 Å². The number of alkyl halides is 3. The van der Waals surface area contributed by atoms with Crippen molar-refractivity contribution < 1.29 is 42.2 Å². The maximum Gasteiger partial charge on any atom is 0.490 e. The Morgan fingerprint density at radius 1 is 1.02 bits per heavy atom. The van der Waals surface area contributed by atoms with Crippen LogP contribution in [0.3, 0.4) is 0 Å². The predicted octanol–water partition coefficient (Wildman–Crippen LogP) is 4.87. The van der Waals surface area contributed by atoms with Gasteiger partial charge in [-0.05, 0) is 40.6 Å². The summed E-state index contributed by atoms with van der Waals surface area (Å²) in [6.07, 6.45) is -3.38. The van der Waals surface area contributed by atoms with E-state index in [1.54, 1.807) is 17.4 Å². The molecule has 240 valence electrons. The number of carboxylic acid groups (broad SMARTS) is 1. The number of nitrogens with zero attached hydrogens (tertiary/aromatic N) is 2. The molecular weight excluding hydrogens is 643 g/mol. The number of carboxylic acids is 1. The van der Waals surface area contributed by atoms with Crippen molar-refractivity contribution in [3.8, 4) is 0 Å². The Kier molecular flexibility index (Phi) is 9.99. The molecule has 0 aliphatic carbocycles. The van der Waals surface area contributed by atoms with E-state index in [4.69, 9.17) is 20.4 Å². The second kappa shape index (κ2) is 13.9. The maximum atomic E-state index is 13.9. The molecule has 3 aliphatic heterocycles. The second-order valence-corrected chi connectivity index (χ2v) is 12.6. The van der Waals surface area contributed by atoms with Crippen molar-refractivity contribution in [2.24, 2.45) is 5.73 Å². The molecule has 2 fully saturated rings. The number of hydrogen-bond acceptors (Lipinski definition) is 8. The Bertz CT molecular complexity index is 1620. The number of likely N-dealkylation sites (tertiary alicyclic amines) is 1. The third-order valence-corrected chi connectivity index (χ3v) is 9.58. The Balaban J connectivity index is 0.000000537. The molecule has 2 saturated heterocycles. The average molecular weight is 672 g/mol. The number of carbonyl (C=O) groups is 4. The van der Waals surface area contributed by atoms with Gasteiger partial charge in [-0.2, -0.15) is 13.2 Å². The third kappa shape index (κ3) is 7.19. The highest BCUT2D eigenvalue weighted by Crippen LogP contribution is 2.42. The molecule has 2 amide bonds. The third-order valence-electron chi connectivity index (χ3n) is 7.39. The summed E-state index contributed by atoms with van der Waals surface area (Å²) in [5, 5.41) is 8.79. The number of nitrogens with two attached hydrogens (primary N) is 1. The van der Waals surface area contributed by atoms with Crippen molar-refractivity contribution in [1.29, 1.82) is 0 Å². The molecule has 3 aliphatic rings. The van der Waals surface area contributed by atoms with Crippen molar-refractivity contribution in [3.05, 3.63) is 117 Å². The molecule has 0 bridgehead atoms. The van der Waals surface area contributed by atoms with Crippen LogP contribution in [0.25, 0.3) is 0 Å². The van der Waals surface area contributed by atoms with Crippen molar-refractivity contribution >= 4 is 46.9 Å². The zero-order valence-corrected chi connectivity index (χ0v) is 25.7. The number of carbonyl (C=O) groups excluding carboxylic acids is 3. The quantitative estimate of drug-likeness (QED) is 0.207. The van der Waals surface area contributed by atoms with E-state index in [9.17, 15) is 27.6 Å². The van der Waals surface area contributed by atoms with Gasteiger partial charge in [0.05, 0.1) is 6.54 Å². The normalized spacial score (nSPS) is 20.3. The highest BCUT2D eigenvalue weighted by molar-refractivity contribution is 8.00. The van der Waals surface area contributed by atoms with E-state index in [1.807, 2.05) is 83.1 Å². The number of rotatable bonds is 7. The number of esters is 1. The second-order valence-electron chi connectivity index (χ2n) is 10.4. The lowest BCUT2D eigenvalue weighted by Gasteiger charge is -2.48. The lowest BCUT2D eigenvalue weighted by Crippen LogP contribution is -2.68. The molecule has 46 heavy (non-hydrogen) atoms. The van der Waals surface area contributed by atoms with Crippen LogP contribution in [0.15, 0.2) is 101 Å². The molecule has 0 saturated carbocycles. The number of halogens is 3. The number of thioether (sulfide) groups is 1. The van der Waals surface area contributed by atoms with E-state index in [1.165, 1.54) is 16.7 Å². The van der Waals surface area contributed by atoms with Crippen LogP contribution in [0.4, 0.5) is 13.2 Å². The van der Waals surface area contributed by atoms with Crippen LogP contribution >= 0.6 is 23.1 Å². The van der Waals surface area contributed by atoms with E-state index < -0.39 is 30.3 Å². The lowest BCUT2D eigenvalue weighted by atomic mass is 10.00. The largest absolute Gasteiger partial charge is 0.490 e.